The Morgan fingerprint density at radius 1 is 1.44 bits per heavy atom. The Balaban J connectivity index is 2.51. The maximum atomic E-state index is 11.7. The molecule has 0 spiro atoms. The Bertz CT molecular complexity index is 548. The van der Waals surface area contributed by atoms with Gasteiger partial charge < -0.3 is 5.32 Å². The lowest BCUT2D eigenvalue weighted by Gasteiger charge is -2.06. The molecule has 0 aliphatic carbocycles. The number of carbonyl (C=O) groups is 1. The quantitative estimate of drug-likeness (QED) is 0.785. The minimum absolute atomic E-state index is 0.158. The van der Waals surface area contributed by atoms with Gasteiger partial charge in [0.25, 0.3) is 5.91 Å². The van der Waals surface area contributed by atoms with E-state index in [0.717, 1.165) is 0 Å². The third-order valence-corrected chi connectivity index (χ3v) is 3.82. The predicted octanol–water partition coefficient (Wildman–Crippen LogP) is 1.51. The van der Waals surface area contributed by atoms with Crippen molar-refractivity contribution < 1.29 is 13.2 Å². The fraction of sp³-hybridized carbons (Fsp3) is 0.300. The molecule has 0 aromatic heterocycles. The molecule has 0 radical (unpaired) electrons. The fourth-order valence-corrected chi connectivity index (χ4v) is 2.65. The summed E-state index contributed by atoms with van der Waals surface area (Å²) in [6, 6.07) is 4.80. The number of sulfonamides is 1. The number of nitrogens with two attached hydrogens (primary N) is 1. The average Bonchev–Trinajstić information content (AvgIpc) is 2.22. The Kier molecular flexibility index (Phi) is 5.58. The highest BCUT2D eigenvalue weighted by molar-refractivity contribution is 9.10. The lowest BCUT2D eigenvalue weighted by Crippen LogP contribution is -2.27. The number of halogens is 2. The van der Waals surface area contributed by atoms with Crippen molar-refractivity contribution in [3.63, 3.8) is 0 Å². The molecule has 0 saturated heterocycles. The van der Waals surface area contributed by atoms with E-state index in [1.807, 2.05) is 0 Å². The molecule has 0 aliphatic heterocycles. The van der Waals surface area contributed by atoms with E-state index in [4.69, 9.17) is 16.7 Å². The van der Waals surface area contributed by atoms with Gasteiger partial charge in [-0.2, -0.15) is 0 Å². The second-order valence-corrected chi connectivity index (χ2v) is 6.63. The molecule has 1 aromatic carbocycles. The molecule has 0 aliphatic rings. The van der Waals surface area contributed by atoms with Gasteiger partial charge in [-0.3, -0.25) is 4.79 Å². The number of carbonyl (C=O) groups excluding carboxylic acids is 1. The zero-order valence-corrected chi connectivity index (χ0v) is 12.5. The SMILES string of the molecule is NS(=O)(=O)CCCNC(=O)c1ccc(Cl)cc1Br. The zero-order valence-electron chi connectivity index (χ0n) is 9.32. The summed E-state index contributed by atoms with van der Waals surface area (Å²) in [5, 5.41) is 7.96. The van der Waals surface area contributed by atoms with E-state index in [0.29, 0.717) is 15.1 Å². The smallest absolute Gasteiger partial charge is 0.252 e. The van der Waals surface area contributed by atoms with Gasteiger partial charge in [0.1, 0.15) is 0 Å². The molecule has 5 nitrogen and oxygen atoms in total. The van der Waals surface area contributed by atoms with Crippen LogP contribution < -0.4 is 10.5 Å². The highest BCUT2D eigenvalue weighted by Gasteiger charge is 2.10. The number of amides is 1. The largest absolute Gasteiger partial charge is 0.352 e. The first-order valence-corrected chi connectivity index (χ1v) is 7.92. The molecule has 0 bridgehead atoms. The van der Waals surface area contributed by atoms with Gasteiger partial charge in [0, 0.05) is 16.0 Å². The Morgan fingerprint density at radius 2 is 2.11 bits per heavy atom. The molecular formula is C10H12BrClN2O3S. The van der Waals surface area contributed by atoms with E-state index >= 15 is 0 Å². The third-order valence-electron chi connectivity index (χ3n) is 2.07. The summed E-state index contributed by atoms with van der Waals surface area (Å²) in [6.45, 7) is 0.240. The first kappa shape index (κ1) is 15.4. The van der Waals surface area contributed by atoms with Crippen LogP contribution in [0, 0.1) is 0 Å². The minimum atomic E-state index is -3.48. The lowest BCUT2D eigenvalue weighted by molar-refractivity contribution is 0.0953. The third kappa shape index (κ3) is 5.34. The van der Waals surface area contributed by atoms with Crippen molar-refractivity contribution in [3.05, 3.63) is 33.3 Å². The Hall–Kier alpha value is -0.630. The normalized spacial score (nSPS) is 11.3. The Labute approximate surface area is 119 Å². The molecule has 0 unspecified atom stereocenters. The summed E-state index contributed by atoms with van der Waals surface area (Å²) in [4.78, 5) is 11.7. The molecule has 100 valence electrons. The van der Waals surface area contributed by atoms with E-state index in [9.17, 15) is 13.2 Å². The average molecular weight is 356 g/mol. The van der Waals surface area contributed by atoms with Gasteiger partial charge in [0.15, 0.2) is 0 Å². The number of hydrogen-bond acceptors (Lipinski definition) is 3. The first-order chi connectivity index (χ1) is 8.29. The van der Waals surface area contributed by atoms with E-state index < -0.39 is 10.0 Å². The number of hydrogen-bond donors (Lipinski definition) is 2. The molecule has 1 aromatic rings. The first-order valence-electron chi connectivity index (χ1n) is 5.03. The maximum absolute atomic E-state index is 11.7. The fourth-order valence-electron chi connectivity index (χ4n) is 1.24. The lowest BCUT2D eigenvalue weighted by atomic mass is 10.2. The zero-order chi connectivity index (χ0) is 13.8. The summed E-state index contributed by atoms with van der Waals surface area (Å²) < 4.78 is 21.9. The highest BCUT2D eigenvalue weighted by Crippen LogP contribution is 2.21. The van der Waals surface area contributed by atoms with Gasteiger partial charge >= 0.3 is 0 Å². The van der Waals surface area contributed by atoms with E-state index in [-0.39, 0.29) is 24.6 Å². The monoisotopic (exact) mass is 354 g/mol. The van der Waals surface area contributed by atoms with Crippen LogP contribution in [-0.2, 0) is 10.0 Å². The summed E-state index contributed by atoms with van der Waals surface area (Å²) in [6.07, 6.45) is 0.274. The van der Waals surface area contributed by atoms with Crippen LogP contribution in [0.25, 0.3) is 0 Å². The summed E-state index contributed by atoms with van der Waals surface area (Å²) >= 11 is 8.98. The number of nitrogens with one attached hydrogen (secondary N) is 1. The molecule has 0 heterocycles. The molecule has 1 rings (SSSR count). The molecule has 0 atom stereocenters. The Morgan fingerprint density at radius 3 is 2.67 bits per heavy atom. The van der Waals surface area contributed by atoms with Gasteiger partial charge in [-0.15, -0.1) is 0 Å². The summed E-state index contributed by atoms with van der Waals surface area (Å²) in [7, 11) is -3.48. The van der Waals surface area contributed by atoms with E-state index in [1.165, 1.54) is 0 Å². The van der Waals surface area contributed by atoms with Gasteiger partial charge in [0.2, 0.25) is 10.0 Å². The van der Waals surface area contributed by atoms with Crippen LogP contribution in [-0.4, -0.2) is 26.6 Å². The van der Waals surface area contributed by atoms with Crippen molar-refractivity contribution in [3.8, 4) is 0 Å². The van der Waals surface area contributed by atoms with Crippen molar-refractivity contribution in [2.75, 3.05) is 12.3 Å². The second-order valence-electron chi connectivity index (χ2n) is 3.60. The van der Waals surface area contributed by atoms with Crippen molar-refractivity contribution in [1.82, 2.24) is 5.32 Å². The van der Waals surface area contributed by atoms with Crippen LogP contribution >= 0.6 is 27.5 Å². The minimum Gasteiger partial charge on any atom is -0.352 e. The molecule has 8 heteroatoms. The molecule has 1 amide bonds. The maximum Gasteiger partial charge on any atom is 0.252 e. The standard InChI is InChI=1S/C10H12BrClN2O3S/c11-9-6-7(12)2-3-8(9)10(15)14-4-1-5-18(13,16)17/h2-3,6H,1,4-5H2,(H,14,15)(H2,13,16,17). The van der Waals surface area contributed by atoms with Crippen LogP contribution in [0.5, 0.6) is 0 Å². The molecule has 18 heavy (non-hydrogen) atoms. The van der Waals surface area contributed by atoms with Crippen LogP contribution in [0.4, 0.5) is 0 Å². The molecule has 0 fully saturated rings. The van der Waals surface area contributed by atoms with Crippen LogP contribution in [0.15, 0.2) is 22.7 Å². The van der Waals surface area contributed by atoms with Crippen molar-refractivity contribution in [1.29, 1.82) is 0 Å². The molecule has 0 saturated carbocycles. The highest BCUT2D eigenvalue weighted by atomic mass is 79.9. The predicted molar refractivity (Wildman–Crippen MR) is 74.1 cm³/mol. The summed E-state index contributed by atoms with van der Waals surface area (Å²) in [5.41, 5.74) is 0.440. The van der Waals surface area contributed by atoms with Crippen LogP contribution in [0.3, 0.4) is 0 Å². The number of rotatable bonds is 5. The van der Waals surface area contributed by atoms with Gasteiger partial charge in [-0.1, -0.05) is 11.6 Å². The van der Waals surface area contributed by atoms with Crippen molar-refractivity contribution in [2.45, 2.75) is 6.42 Å². The molecular weight excluding hydrogens is 344 g/mol. The van der Waals surface area contributed by atoms with Crippen molar-refractivity contribution >= 4 is 43.5 Å². The summed E-state index contributed by atoms with van der Waals surface area (Å²) in [5.74, 6) is -0.456. The molecule has 3 N–H and O–H groups in total. The van der Waals surface area contributed by atoms with Crippen LogP contribution in [0.1, 0.15) is 16.8 Å². The number of benzene rings is 1. The topological polar surface area (TPSA) is 89.3 Å². The van der Waals surface area contributed by atoms with Gasteiger partial charge in [-0.05, 0) is 40.5 Å². The van der Waals surface area contributed by atoms with Crippen LogP contribution in [0.2, 0.25) is 5.02 Å². The van der Waals surface area contributed by atoms with Gasteiger partial charge in [0.05, 0.1) is 11.3 Å². The number of primary sulfonamides is 1. The van der Waals surface area contributed by atoms with E-state index in [2.05, 4.69) is 21.2 Å². The van der Waals surface area contributed by atoms with Gasteiger partial charge in [-0.25, -0.2) is 13.6 Å². The van der Waals surface area contributed by atoms with Crippen molar-refractivity contribution in [2.24, 2.45) is 5.14 Å². The second kappa shape index (κ2) is 6.51. The van der Waals surface area contributed by atoms with E-state index in [1.54, 1.807) is 18.2 Å².